The highest BCUT2D eigenvalue weighted by Gasteiger charge is 2.27. The molecule has 4 rings (SSSR count). The van der Waals surface area contributed by atoms with Gasteiger partial charge in [0.05, 0.1) is 38.0 Å². The molecule has 1 aliphatic carbocycles. The fourth-order valence-electron chi connectivity index (χ4n) is 4.15. The van der Waals surface area contributed by atoms with Crippen molar-refractivity contribution < 1.29 is 23.8 Å². The Hall–Kier alpha value is -3.29. The van der Waals surface area contributed by atoms with E-state index in [1.54, 1.807) is 24.1 Å². The average Bonchev–Trinajstić information content (AvgIpc) is 3.53. The molecule has 0 saturated carbocycles. The van der Waals surface area contributed by atoms with Crippen molar-refractivity contribution in [2.45, 2.75) is 25.7 Å². The Morgan fingerprint density at radius 3 is 2.76 bits per heavy atom. The zero-order valence-electron chi connectivity index (χ0n) is 22.9. The first-order valence-corrected chi connectivity index (χ1v) is 16.0. The third-order valence-corrected chi connectivity index (χ3v) is 8.85. The number of ether oxygens (including phenoxy) is 3. The molecule has 2 heterocycles. The molecule has 1 aliphatic rings. The van der Waals surface area contributed by atoms with Crippen LogP contribution in [0.15, 0.2) is 30.5 Å². The van der Waals surface area contributed by atoms with Crippen molar-refractivity contribution in [2.24, 2.45) is 0 Å². The molecule has 14 heteroatoms. The minimum Gasteiger partial charge on any atom is -0.493 e. The topological polar surface area (TPSA) is 139 Å². The Balaban J connectivity index is 1.16. The third-order valence-electron chi connectivity index (χ3n) is 6.19. The first-order chi connectivity index (χ1) is 20.0. The Kier molecular flexibility index (Phi) is 11.7. The molecule has 11 nitrogen and oxygen atoms in total. The zero-order valence-corrected chi connectivity index (χ0v) is 25.3. The first kappa shape index (κ1) is 30.7. The minimum absolute atomic E-state index is 0.00305. The predicted octanol–water partition coefficient (Wildman–Crippen LogP) is 5.18. The number of hydrogen-bond donors (Lipinski definition) is 4. The van der Waals surface area contributed by atoms with Gasteiger partial charge in [0, 0.05) is 42.6 Å². The number of amides is 2. The maximum atomic E-state index is 12.1. The van der Waals surface area contributed by atoms with E-state index in [9.17, 15) is 9.59 Å². The summed E-state index contributed by atoms with van der Waals surface area (Å²) >= 11 is 6.21. The van der Waals surface area contributed by atoms with Crippen LogP contribution in [0.3, 0.4) is 0 Å². The van der Waals surface area contributed by atoms with E-state index in [0.717, 1.165) is 41.0 Å². The van der Waals surface area contributed by atoms with Crippen LogP contribution in [0.2, 0.25) is 5.15 Å². The van der Waals surface area contributed by atoms with Gasteiger partial charge in [-0.1, -0.05) is 33.2 Å². The number of carbonyl (C=O) groups excluding carboxylic acids is 2. The number of fused-ring (bicyclic) bond motifs is 3. The highest BCUT2D eigenvalue weighted by Crippen LogP contribution is 2.44. The summed E-state index contributed by atoms with van der Waals surface area (Å²) in [7, 11) is 6.14. The molecule has 0 aliphatic heterocycles. The molecule has 3 aromatic rings. The van der Waals surface area contributed by atoms with Gasteiger partial charge in [-0.15, -0.1) is 0 Å². The zero-order chi connectivity index (χ0) is 29.0. The van der Waals surface area contributed by atoms with Gasteiger partial charge in [0.1, 0.15) is 0 Å². The summed E-state index contributed by atoms with van der Waals surface area (Å²) in [5.74, 6) is 3.30. The largest absolute Gasteiger partial charge is 0.493 e. The number of aromatic amines is 1. The van der Waals surface area contributed by atoms with Crippen LogP contribution in [0.5, 0.6) is 11.5 Å². The maximum Gasteiger partial charge on any atom is 0.406 e. The van der Waals surface area contributed by atoms with Crippen LogP contribution in [0, 0.1) is 0 Å². The monoisotopic (exact) mass is 620 g/mol. The smallest absolute Gasteiger partial charge is 0.406 e. The lowest BCUT2D eigenvalue weighted by molar-refractivity contribution is -0.118. The summed E-state index contributed by atoms with van der Waals surface area (Å²) in [6, 6.07) is 7.63. The number of methoxy groups -OCH3 is 2. The van der Waals surface area contributed by atoms with E-state index >= 15 is 0 Å². The molecule has 2 aromatic heterocycles. The van der Waals surface area contributed by atoms with E-state index in [4.69, 9.17) is 21.1 Å². The highest BCUT2D eigenvalue weighted by molar-refractivity contribution is 8.76. The van der Waals surface area contributed by atoms with Crippen LogP contribution in [-0.4, -0.2) is 72.6 Å². The van der Waals surface area contributed by atoms with Crippen molar-refractivity contribution in [1.82, 2.24) is 25.8 Å². The van der Waals surface area contributed by atoms with Crippen LogP contribution >= 0.6 is 33.2 Å². The van der Waals surface area contributed by atoms with Crippen molar-refractivity contribution >= 4 is 56.7 Å². The summed E-state index contributed by atoms with van der Waals surface area (Å²) in [6.07, 6.45) is 4.39. The number of carbonyl (C=O) groups is 2. The fraction of sp³-hybridized carbons (Fsp3) is 0.407. The van der Waals surface area contributed by atoms with Crippen LogP contribution < -0.4 is 25.4 Å². The molecule has 0 radical (unpaired) electrons. The Morgan fingerprint density at radius 1 is 1.10 bits per heavy atom. The third kappa shape index (κ3) is 8.60. The van der Waals surface area contributed by atoms with E-state index in [0.29, 0.717) is 66.4 Å². The lowest BCUT2D eigenvalue weighted by Crippen LogP contribution is -2.27. The summed E-state index contributed by atoms with van der Waals surface area (Å²) in [6.45, 7) is 1.55. The molecule has 0 spiro atoms. The summed E-state index contributed by atoms with van der Waals surface area (Å²) in [5.41, 5.74) is 4.78. The van der Waals surface area contributed by atoms with Gasteiger partial charge < -0.3 is 30.2 Å². The van der Waals surface area contributed by atoms with Crippen LogP contribution in [-0.2, 0) is 16.0 Å². The Bertz CT molecular complexity index is 1340. The second kappa shape index (κ2) is 15.6. The molecule has 4 N–H and O–H groups in total. The number of H-pyrrole nitrogens is 1. The second-order valence-corrected chi connectivity index (χ2v) is 11.9. The van der Waals surface area contributed by atoms with Crippen molar-refractivity contribution in [3.63, 3.8) is 0 Å². The normalized spacial score (nSPS) is 11.4. The van der Waals surface area contributed by atoms with E-state index in [1.807, 2.05) is 24.3 Å². The number of nitrogens with zero attached hydrogens (tertiary/aromatic N) is 2. The molecule has 220 valence electrons. The number of pyridine rings is 1. The van der Waals surface area contributed by atoms with Gasteiger partial charge in [-0.25, -0.2) is 9.78 Å². The van der Waals surface area contributed by atoms with Gasteiger partial charge in [0.15, 0.2) is 22.5 Å². The molecule has 1 aromatic carbocycles. The molecule has 0 unspecified atom stereocenters. The lowest BCUT2D eigenvalue weighted by Gasteiger charge is -2.13. The van der Waals surface area contributed by atoms with Crippen molar-refractivity contribution in [2.75, 3.05) is 50.7 Å². The van der Waals surface area contributed by atoms with Gasteiger partial charge in [-0.2, -0.15) is 5.10 Å². The molecular formula is C27H33ClN6O5S2. The molecule has 0 fully saturated rings. The molecule has 0 atom stereocenters. The molecular weight excluding hydrogens is 588 g/mol. The number of unbranched alkanes of at least 4 members (excludes halogenated alkanes) is 1. The molecule has 41 heavy (non-hydrogen) atoms. The average molecular weight is 621 g/mol. The number of halogens is 1. The number of hydrogen-bond acceptors (Lipinski definition) is 10. The molecule has 0 bridgehead atoms. The van der Waals surface area contributed by atoms with Gasteiger partial charge in [0.25, 0.3) is 0 Å². The van der Waals surface area contributed by atoms with E-state index in [2.05, 4.69) is 35.9 Å². The number of benzene rings is 1. The highest BCUT2D eigenvalue weighted by atomic mass is 35.5. The first-order valence-electron chi connectivity index (χ1n) is 13.1. The van der Waals surface area contributed by atoms with Crippen molar-refractivity contribution in [3.05, 3.63) is 46.7 Å². The number of rotatable bonds is 16. The van der Waals surface area contributed by atoms with E-state index in [1.165, 1.54) is 17.9 Å². The van der Waals surface area contributed by atoms with Gasteiger partial charge in [-0.3, -0.25) is 9.89 Å². The van der Waals surface area contributed by atoms with Crippen LogP contribution in [0.25, 0.3) is 11.3 Å². The number of aromatic nitrogens is 3. The van der Waals surface area contributed by atoms with E-state index < -0.39 is 6.09 Å². The fourth-order valence-corrected chi connectivity index (χ4v) is 6.33. The van der Waals surface area contributed by atoms with Crippen molar-refractivity contribution in [1.29, 1.82) is 0 Å². The number of alkyl carbamates (subject to hydrolysis) is 1. The number of nitrogens with one attached hydrogen (secondary N) is 4. The summed E-state index contributed by atoms with van der Waals surface area (Å²) in [4.78, 5) is 27.2. The number of anilines is 2. The van der Waals surface area contributed by atoms with Gasteiger partial charge in [-0.05, 0) is 49.1 Å². The van der Waals surface area contributed by atoms with E-state index in [-0.39, 0.29) is 5.91 Å². The quantitative estimate of drug-likeness (QED) is 0.0752. The second-order valence-electron chi connectivity index (χ2n) is 8.99. The maximum absolute atomic E-state index is 12.1. The Morgan fingerprint density at radius 2 is 1.95 bits per heavy atom. The lowest BCUT2D eigenvalue weighted by atomic mass is 10.1. The Labute approximate surface area is 251 Å². The standard InChI is InChI=1S/C27H33ClN6O5S2/c1-37-21-15-18-17(13-19-24(18)33-34-26(19)32-20-7-5-9-30-25(20)28)14-22(21)39-11-6-10-29-23(35)16-41-40-12-4-3-8-31-27(36)38-2/h5,7,9,14-15H,3-4,6,8,10-13,16H2,1-2H3,(H,29,35)(H,31,36)(H2,32,33,34). The predicted molar refractivity (Wildman–Crippen MR) is 164 cm³/mol. The van der Waals surface area contributed by atoms with Crippen LogP contribution in [0.1, 0.15) is 30.4 Å². The molecule has 0 saturated heterocycles. The summed E-state index contributed by atoms with van der Waals surface area (Å²) in [5, 5.41) is 16.8. The molecule has 2 amide bonds. The van der Waals surface area contributed by atoms with Gasteiger partial charge >= 0.3 is 6.09 Å². The van der Waals surface area contributed by atoms with Crippen molar-refractivity contribution in [3.8, 4) is 22.8 Å². The SMILES string of the molecule is COC(=O)NCCCCSSCC(=O)NCCCOc1cc2c(cc1OC)-c1[nH]nc(Nc3cccnc3Cl)c1C2. The summed E-state index contributed by atoms with van der Waals surface area (Å²) < 4.78 is 16.2. The minimum atomic E-state index is -0.413. The van der Waals surface area contributed by atoms with Crippen LogP contribution in [0.4, 0.5) is 16.3 Å². The van der Waals surface area contributed by atoms with Gasteiger partial charge in [0.2, 0.25) is 5.91 Å².